The van der Waals surface area contributed by atoms with Crippen molar-refractivity contribution < 1.29 is 19.1 Å². The van der Waals surface area contributed by atoms with E-state index in [4.69, 9.17) is 15.2 Å². The molecule has 0 aromatic carbocycles. The third-order valence-corrected chi connectivity index (χ3v) is 3.29. The number of hydrogen-bond acceptors (Lipinski definition) is 5. The van der Waals surface area contributed by atoms with Crippen LogP contribution in [0.4, 0.5) is 0 Å². The second-order valence-corrected chi connectivity index (χ2v) is 4.90. The minimum Gasteiger partial charge on any atom is -0.488 e. The van der Waals surface area contributed by atoms with Crippen molar-refractivity contribution in [3.05, 3.63) is 24.0 Å². The van der Waals surface area contributed by atoms with E-state index in [9.17, 15) is 9.59 Å². The van der Waals surface area contributed by atoms with E-state index >= 15 is 0 Å². The number of methoxy groups -OCH3 is 1. The normalized spacial score (nSPS) is 18.3. The lowest BCUT2D eigenvalue weighted by molar-refractivity contribution is -0.137. The van der Waals surface area contributed by atoms with Gasteiger partial charge in [-0.25, -0.2) is 0 Å². The van der Waals surface area contributed by atoms with Crippen molar-refractivity contribution in [1.82, 2.24) is 9.88 Å². The molecular formula is C14H19N3O4. The van der Waals surface area contributed by atoms with Gasteiger partial charge in [-0.15, -0.1) is 0 Å². The first-order valence-electron chi connectivity index (χ1n) is 6.79. The molecule has 0 bridgehead atoms. The van der Waals surface area contributed by atoms with Crippen molar-refractivity contribution in [1.29, 1.82) is 0 Å². The van der Waals surface area contributed by atoms with Gasteiger partial charge in [0.05, 0.1) is 6.54 Å². The molecule has 2 heterocycles. The first kappa shape index (κ1) is 15.2. The molecule has 0 radical (unpaired) electrons. The topological polar surface area (TPSA) is 94.8 Å². The van der Waals surface area contributed by atoms with Crippen molar-refractivity contribution in [2.45, 2.75) is 18.9 Å². The molecule has 0 aliphatic carbocycles. The molecule has 21 heavy (non-hydrogen) atoms. The van der Waals surface area contributed by atoms with E-state index in [2.05, 4.69) is 4.98 Å². The van der Waals surface area contributed by atoms with E-state index in [1.54, 1.807) is 11.0 Å². The van der Waals surface area contributed by atoms with Gasteiger partial charge in [0, 0.05) is 25.9 Å². The number of hydrogen-bond donors (Lipinski definition) is 1. The number of nitrogens with zero attached hydrogens (tertiary/aromatic N) is 2. The number of ether oxygens (including phenoxy) is 2. The summed E-state index contributed by atoms with van der Waals surface area (Å²) in [4.78, 5) is 28.5. The molecule has 2 amide bonds. The summed E-state index contributed by atoms with van der Waals surface area (Å²) >= 11 is 0. The maximum atomic E-state index is 11.8. The SMILES string of the molecule is COCC(=O)N1CCCC(Oc2ccnc(C(N)=O)c2)C1. The third kappa shape index (κ3) is 4.16. The zero-order valence-corrected chi connectivity index (χ0v) is 11.9. The van der Waals surface area contributed by atoms with E-state index in [-0.39, 0.29) is 24.3 Å². The van der Waals surface area contributed by atoms with Gasteiger partial charge in [0.2, 0.25) is 5.91 Å². The minimum atomic E-state index is -0.596. The fraction of sp³-hybridized carbons (Fsp3) is 0.500. The number of nitrogens with two attached hydrogens (primary N) is 1. The molecule has 1 aromatic rings. The first-order valence-corrected chi connectivity index (χ1v) is 6.79. The third-order valence-electron chi connectivity index (χ3n) is 3.29. The van der Waals surface area contributed by atoms with Gasteiger partial charge < -0.3 is 20.1 Å². The van der Waals surface area contributed by atoms with E-state index < -0.39 is 5.91 Å². The lowest BCUT2D eigenvalue weighted by Crippen LogP contribution is -2.45. The van der Waals surface area contributed by atoms with Crippen LogP contribution in [-0.2, 0) is 9.53 Å². The lowest BCUT2D eigenvalue weighted by atomic mass is 10.1. The number of piperidine rings is 1. The molecule has 7 heteroatoms. The molecule has 1 fully saturated rings. The van der Waals surface area contributed by atoms with Crippen LogP contribution >= 0.6 is 0 Å². The maximum Gasteiger partial charge on any atom is 0.267 e. The largest absolute Gasteiger partial charge is 0.488 e. The van der Waals surface area contributed by atoms with Gasteiger partial charge in [0.25, 0.3) is 5.91 Å². The maximum absolute atomic E-state index is 11.8. The Labute approximate surface area is 123 Å². The van der Waals surface area contributed by atoms with Crippen LogP contribution in [0.25, 0.3) is 0 Å². The summed E-state index contributed by atoms with van der Waals surface area (Å²) in [6.07, 6.45) is 3.09. The number of amides is 2. The molecule has 2 N–H and O–H groups in total. The number of primary amides is 1. The summed E-state index contributed by atoms with van der Waals surface area (Å²) in [6.45, 7) is 1.30. The van der Waals surface area contributed by atoms with Crippen LogP contribution < -0.4 is 10.5 Å². The van der Waals surface area contributed by atoms with Crippen LogP contribution in [0.15, 0.2) is 18.3 Å². The minimum absolute atomic E-state index is 0.0432. The highest BCUT2D eigenvalue weighted by molar-refractivity contribution is 5.91. The molecule has 1 aliphatic rings. The fourth-order valence-corrected chi connectivity index (χ4v) is 2.29. The summed E-state index contributed by atoms with van der Waals surface area (Å²) in [5.74, 6) is -0.107. The molecule has 2 rings (SSSR count). The molecule has 114 valence electrons. The van der Waals surface area contributed by atoms with Crippen molar-refractivity contribution in [3.8, 4) is 5.75 Å². The Morgan fingerprint density at radius 1 is 1.52 bits per heavy atom. The Morgan fingerprint density at radius 2 is 2.33 bits per heavy atom. The molecule has 0 saturated carbocycles. The number of aromatic nitrogens is 1. The molecule has 1 saturated heterocycles. The van der Waals surface area contributed by atoms with E-state index in [0.29, 0.717) is 18.8 Å². The molecule has 7 nitrogen and oxygen atoms in total. The highest BCUT2D eigenvalue weighted by Gasteiger charge is 2.24. The number of carbonyl (C=O) groups excluding carboxylic acids is 2. The zero-order chi connectivity index (χ0) is 15.2. The first-order chi connectivity index (χ1) is 10.1. The van der Waals surface area contributed by atoms with Crippen molar-refractivity contribution in [2.75, 3.05) is 26.8 Å². The Balaban J connectivity index is 1.97. The van der Waals surface area contributed by atoms with Crippen LogP contribution in [0.1, 0.15) is 23.3 Å². The number of rotatable bonds is 5. The van der Waals surface area contributed by atoms with E-state index in [1.165, 1.54) is 19.4 Å². The average Bonchev–Trinajstić information content (AvgIpc) is 2.48. The van der Waals surface area contributed by atoms with Crippen LogP contribution in [-0.4, -0.2) is 54.6 Å². The smallest absolute Gasteiger partial charge is 0.267 e. The molecule has 1 aliphatic heterocycles. The predicted molar refractivity (Wildman–Crippen MR) is 74.9 cm³/mol. The summed E-state index contributed by atoms with van der Waals surface area (Å²) in [5.41, 5.74) is 5.35. The second-order valence-electron chi connectivity index (χ2n) is 4.90. The van der Waals surface area contributed by atoms with Gasteiger partial charge in [0.15, 0.2) is 0 Å². The van der Waals surface area contributed by atoms with Gasteiger partial charge >= 0.3 is 0 Å². The number of likely N-dealkylation sites (tertiary alicyclic amines) is 1. The summed E-state index contributed by atoms with van der Waals surface area (Å²) in [6, 6.07) is 3.18. The summed E-state index contributed by atoms with van der Waals surface area (Å²) in [5, 5.41) is 0. The van der Waals surface area contributed by atoms with Crippen molar-refractivity contribution in [2.24, 2.45) is 5.73 Å². The number of carbonyl (C=O) groups is 2. The molecule has 1 atom stereocenters. The van der Waals surface area contributed by atoms with E-state index in [1.807, 2.05) is 0 Å². The summed E-state index contributed by atoms with van der Waals surface area (Å²) < 4.78 is 10.7. The van der Waals surface area contributed by atoms with Gasteiger partial charge in [-0.05, 0) is 18.9 Å². The van der Waals surface area contributed by atoms with Gasteiger partial charge in [-0.3, -0.25) is 14.6 Å². The fourth-order valence-electron chi connectivity index (χ4n) is 2.29. The summed E-state index contributed by atoms with van der Waals surface area (Å²) in [7, 11) is 1.50. The Bertz CT molecular complexity index is 521. The van der Waals surface area contributed by atoms with Crippen molar-refractivity contribution >= 4 is 11.8 Å². The van der Waals surface area contributed by atoms with Crippen LogP contribution in [0.3, 0.4) is 0 Å². The van der Waals surface area contributed by atoms with E-state index in [0.717, 1.165) is 12.8 Å². The monoisotopic (exact) mass is 293 g/mol. The van der Waals surface area contributed by atoms with Gasteiger partial charge in [-0.1, -0.05) is 0 Å². The zero-order valence-electron chi connectivity index (χ0n) is 11.9. The highest BCUT2D eigenvalue weighted by Crippen LogP contribution is 2.19. The highest BCUT2D eigenvalue weighted by atomic mass is 16.5. The van der Waals surface area contributed by atoms with Crippen LogP contribution in [0.5, 0.6) is 5.75 Å². The van der Waals surface area contributed by atoms with Gasteiger partial charge in [-0.2, -0.15) is 0 Å². The second kappa shape index (κ2) is 7.03. The Hall–Kier alpha value is -2.15. The lowest BCUT2D eigenvalue weighted by Gasteiger charge is -2.32. The van der Waals surface area contributed by atoms with Crippen molar-refractivity contribution in [3.63, 3.8) is 0 Å². The molecule has 0 spiro atoms. The average molecular weight is 293 g/mol. The molecular weight excluding hydrogens is 274 g/mol. The number of pyridine rings is 1. The molecule has 1 aromatic heterocycles. The Morgan fingerprint density at radius 3 is 3.05 bits per heavy atom. The Kier molecular flexibility index (Phi) is 5.10. The quantitative estimate of drug-likeness (QED) is 0.836. The van der Waals surface area contributed by atoms with Gasteiger partial charge in [0.1, 0.15) is 24.2 Å². The standard InChI is InChI=1S/C14H19N3O4/c1-20-9-13(18)17-6-2-3-11(8-17)21-10-4-5-16-12(7-10)14(15)19/h4-5,7,11H,2-3,6,8-9H2,1H3,(H2,15,19). The van der Waals surface area contributed by atoms with Crippen LogP contribution in [0, 0.1) is 0 Å². The van der Waals surface area contributed by atoms with Crippen LogP contribution in [0.2, 0.25) is 0 Å². The predicted octanol–water partition coefficient (Wildman–Crippen LogP) is 0.197. The molecule has 1 unspecified atom stereocenters.